The molecule has 5 N–H and O–H groups in total. The number of nitrogens with two attached hydrogens (primary N) is 1. The molecule has 166 valence electrons. The van der Waals surface area contributed by atoms with E-state index in [0.29, 0.717) is 24.8 Å². The van der Waals surface area contributed by atoms with Crippen LogP contribution in [0.25, 0.3) is 0 Å². The number of aromatic nitrogens is 1. The summed E-state index contributed by atoms with van der Waals surface area (Å²) < 4.78 is 0. The molecule has 30 heavy (non-hydrogen) atoms. The van der Waals surface area contributed by atoms with Crippen LogP contribution in [0.3, 0.4) is 0 Å². The average Bonchev–Trinajstić information content (AvgIpc) is 2.75. The van der Waals surface area contributed by atoms with E-state index < -0.39 is 24.2 Å². The van der Waals surface area contributed by atoms with Gasteiger partial charge in [-0.25, -0.2) is 0 Å². The summed E-state index contributed by atoms with van der Waals surface area (Å²) in [7, 11) is 0. The van der Waals surface area contributed by atoms with Crippen molar-refractivity contribution in [2.45, 2.75) is 37.6 Å². The Bertz CT molecular complexity index is 720. The first-order valence-electron chi connectivity index (χ1n) is 10.3. The highest BCUT2D eigenvalue weighted by atomic mass is 35.5. The van der Waals surface area contributed by atoms with E-state index in [0.717, 1.165) is 31.9 Å². The second kappa shape index (κ2) is 10.5. The number of rotatable bonds is 7. The molecule has 2 atom stereocenters. The van der Waals surface area contributed by atoms with Gasteiger partial charge in [-0.2, -0.15) is 0 Å². The largest absolute Gasteiger partial charge is 0.367 e. The van der Waals surface area contributed by atoms with E-state index in [1.54, 1.807) is 12.4 Å². The van der Waals surface area contributed by atoms with E-state index >= 15 is 0 Å². The van der Waals surface area contributed by atoms with Crippen molar-refractivity contribution in [1.29, 1.82) is 0 Å². The van der Waals surface area contributed by atoms with Crippen LogP contribution >= 0.6 is 11.6 Å². The van der Waals surface area contributed by atoms with E-state index in [9.17, 15) is 9.70 Å². The second-order valence-corrected chi connectivity index (χ2v) is 8.63. The lowest BCUT2D eigenvalue weighted by Crippen LogP contribution is -2.62. The van der Waals surface area contributed by atoms with Gasteiger partial charge >= 0.3 is 0 Å². The Balaban J connectivity index is 1.73. The van der Waals surface area contributed by atoms with Crippen LogP contribution in [0.4, 0.5) is 11.4 Å². The fraction of sp³-hybridized carbons (Fsp3) is 0.684. The first kappa shape index (κ1) is 22.8. The third-order valence-corrected chi connectivity index (χ3v) is 6.02. The maximum atomic E-state index is 13.1. The predicted octanol–water partition coefficient (Wildman–Crippen LogP) is 0.344. The minimum atomic E-state index is -1.20. The molecule has 2 unspecified atom stereocenters. The molecule has 1 aromatic rings. The molecule has 0 spiro atoms. The number of halogens is 1. The van der Waals surface area contributed by atoms with Gasteiger partial charge in [0.2, 0.25) is 5.91 Å². The number of anilines is 2. The smallest absolute Gasteiger partial charge is 0.234 e. The summed E-state index contributed by atoms with van der Waals surface area (Å²) in [6.07, 6.45) is 1.63. The molecule has 3 heterocycles. The van der Waals surface area contributed by atoms with Crippen molar-refractivity contribution < 1.29 is 4.79 Å². The van der Waals surface area contributed by atoms with Crippen molar-refractivity contribution in [3.8, 4) is 0 Å². The highest BCUT2D eigenvalue weighted by Crippen LogP contribution is 2.27. The average molecular weight is 439 g/mol. The number of carbonyl (C=O) groups excluding carboxylic acids is 1. The number of alkyl halides is 1. The number of nitrogens with one attached hydrogen (secondary N) is 3. The van der Waals surface area contributed by atoms with E-state index in [2.05, 4.69) is 49.8 Å². The molecule has 2 aliphatic heterocycles. The SMILES string of the molecule is CC(C)N1CCN(c2ccncc2NC(=O)C(C(N)N=O)C2NCC(Cl)CN2)CC1. The number of piperazine rings is 1. The quantitative estimate of drug-likeness (QED) is 0.354. The first-order chi connectivity index (χ1) is 14.4. The molecule has 2 fully saturated rings. The number of hydrogen-bond donors (Lipinski definition) is 4. The molecule has 11 heteroatoms. The fourth-order valence-electron chi connectivity index (χ4n) is 3.93. The van der Waals surface area contributed by atoms with Crippen molar-refractivity contribution in [3.05, 3.63) is 23.4 Å². The lowest BCUT2D eigenvalue weighted by molar-refractivity contribution is -0.121. The van der Waals surface area contributed by atoms with Crippen LogP contribution in [0.1, 0.15) is 13.8 Å². The maximum Gasteiger partial charge on any atom is 0.234 e. The summed E-state index contributed by atoms with van der Waals surface area (Å²) in [6, 6.07) is 2.40. The number of carbonyl (C=O) groups is 1. The summed E-state index contributed by atoms with van der Waals surface area (Å²) in [5.41, 5.74) is 7.37. The highest BCUT2D eigenvalue weighted by molar-refractivity contribution is 6.21. The van der Waals surface area contributed by atoms with E-state index in [1.807, 2.05) is 6.07 Å². The Morgan fingerprint density at radius 3 is 2.57 bits per heavy atom. The Hall–Kier alpha value is -1.85. The first-order valence-corrected chi connectivity index (χ1v) is 10.8. The van der Waals surface area contributed by atoms with Crippen LogP contribution in [0.5, 0.6) is 0 Å². The lowest BCUT2D eigenvalue weighted by Gasteiger charge is -2.39. The molecule has 10 nitrogen and oxygen atoms in total. The molecule has 0 aromatic carbocycles. The number of nitrogens with zero attached hydrogens (tertiary/aromatic N) is 4. The predicted molar refractivity (Wildman–Crippen MR) is 118 cm³/mol. The minimum absolute atomic E-state index is 0.0974. The van der Waals surface area contributed by atoms with Gasteiger partial charge in [-0.3, -0.25) is 25.3 Å². The third kappa shape index (κ3) is 5.44. The van der Waals surface area contributed by atoms with Gasteiger partial charge in [-0.15, -0.1) is 16.5 Å². The monoisotopic (exact) mass is 438 g/mol. The van der Waals surface area contributed by atoms with Gasteiger partial charge in [-0.1, -0.05) is 5.18 Å². The molecule has 0 bridgehead atoms. The van der Waals surface area contributed by atoms with Gasteiger partial charge < -0.3 is 16.0 Å². The molecule has 1 amide bonds. The Morgan fingerprint density at radius 2 is 1.97 bits per heavy atom. The zero-order chi connectivity index (χ0) is 21.7. The van der Waals surface area contributed by atoms with Crippen molar-refractivity contribution >= 4 is 28.9 Å². The van der Waals surface area contributed by atoms with Gasteiger partial charge in [0.25, 0.3) is 0 Å². The van der Waals surface area contributed by atoms with Crippen molar-refractivity contribution in [3.63, 3.8) is 0 Å². The van der Waals surface area contributed by atoms with Crippen LogP contribution in [0, 0.1) is 10.8 Å². The standard InChI is InChI=1S/C19H31ClN8O2/c1-12(2)27-5-7-28(8-6-27)15-3-4-22-11-14(15)25-19(29)16(17(21)26-30)18-23-9-13(20)10-24-18/h3-4,11-13,16-18,23-24H,5-10,21H2,1-2H3,(H,25,29). The molecule has 0 radical (unpaired) electrons. The van der Waals surface area contributed by atoms with E-state index in [4.69, 9.17) is 17.3 Å². The van der Waals surface area contributed by atoms with Crippen LogP contribution < -0.4 is 26.6 Å². The molecular weight excluding hydrogens is 408 g/mol. The van der Waals surface area contributed by atoms with Gasteiger partial charge in [0.05, 0.1) is 29.1 Å². The fourth-order valence-corrected chi connectivity index (χ4v) is 4.11. The second-order valence-electron chi connectivity index (χ2n) is 8.01. The number of pyridine rings is 1. The van der Waals surface area contributed by atoms with Crippen molar-refractivity contribution in [1.82, 2.24) is 20.5 Å². The Morgan fingerprint density at radius 1 is 1.30 bits per heavy atom. The minimum Gasteiger partial charge on any atom is -0.367 e. The number of nitroso groups, excluding NO2 is 1. The summed E-state index contributed by atoms with van der Waals surface area (Å²) in [5, 5.41) is 12.0. The molecule has 0 saturated carbocycles. The van der Waals surface area contributed by atoms with Crippen LogP contribution in [-0.2, 0) is 4.79 Å². The van der Waals surface area contributed by atoms with Gasteiger partial charge in [0, 0.05) is 51.5 Å². The zero-order valence-corrected chi connectivity index (χ0v) is 18.2. The molecule has 2 saturated heterocycles. The van der Waals surface area contributed by atoms with Crippen molar-refractivity contribution in [2.24, 2.45) is 16.8 Å². The van der Waals surface area contributed by atoms with Crippen molar-refractivity contribution in [2.75, 3.05) is 49.5 Å². The summed E-state index contributed by atoms with van der Waals surface area (Å²) in [5.74, 6) is -1.28. The van der Waals surface area contributed by atoms with Crippen LogP contribution in [0.2, 0.25) is 0 Å². The summed E-state index contributed by atoms with van der Waals surface area (Å²) >= 11 is 6.09. The normalized spacial score (nSPS) is 25.0. The topological polar surface area (TPSA) is 128 Å². The molecular formula is C19H31ClN8O2. The lowest BCUT2D eigenvalue weighted by atomic mass is 9.99. The number of amides is 1. The zero-order valence-electron chi connectivity index (χ0n) is 17.4. The van der Waals surface area contributed by atoms with Gasteiger partial charge in [-0.05, 0) is 19.9 Å². The van der Waals surface area contributed by atoms with E-state index in [-0.39, 0.29) is 5.38 Å². The van der Waals surface area contributed by atoms with Gasteiger partial charge in [0.1, 0.15) is 5.92 Å². The Kier molecular flexibility index (Phi) is 7.95. The summed E-state index contributed by atoms with van der Waals surface area (Å²) in [6.45, 7) is 9.01. The van der Waals surface area contributed by atoms with Crippen LogP contribution in [0.15, 0.2) is 23.6 Å². The molecule has 1 aromatic heterocycles. The highest BCUT2D eigenvalue weighted by Gasteiger charge is 2.37. The third-order valence-electron chi connectivity index (χ3n) is 5.71. The molecule has 2 aliphatic rings. The van der Waals surface area contributed by atoms with Crippen LogP contribution in [-0.4, -0.2) is 78.8 Å². The molecule has 0 aliphatic carbocycles. The number of hydrogen-bond acceptors (Lipinski definition) is 9. The summed E-state index contributed by atoms with van der Waals surface area (Å²) in [4.78, 5) is 33.1. The van der Waals surface area contributed by atoms with Gasteiger partial charge in [0.15, 0.2) is 6.17 Å². The maximum absolute atomic E-state index is 13.1. The van der Waals surface area contributed by atoms with E-state index in [1.165, 1.54) is 0 Å². The molecule has 3 rings (SSSR count). The Labute approximate surface area is 181 Å².